The maximum absolute atomic E-state index is 12.3. The van der Waals surface area contributed by atoms with Gasteiger partial charge in [-0.05, 0) is 25.7 Å². The molecule has 3 heteroatoms. The number of amides is 1. The smallest absolute Gasteiger partial charge is 0.223 e. The Kier molecular flexibility index (Phi) is 8.41. The Bertz CT molecular complexity index is 367. The summed E-state index contributed by atoms with van der Waals surface area (Å²) in [4.78, 5) is 12.3. The van der Waals surface area contributed by atoms with E-state index in [2.05, 4.69) is 36.8 Å². The molecule has 1 aliphatic rings. The van der Waals surface area contributed by atoms with Crippen LogP contribution in [0, 0.1) is 5.92 Å². The molecular formula is C18H32N2O. The van der Waals surface area contributed by atoms with Gasteiger partial charge in [0.1, 0.15) is 0 Å². The summed E-state index contributed by atoms with van der Waals surface area (Å²) in [7, 11) is 0. The summed E-state index contributed by atoms with van der Waals surface area (Å²) < 4.78 is 0. The summed E-state index contributed by atoms with van der Waals surface area (Å²) in [5.74, 6) is 0.257. The molecule has 1 rings (SSSR count). The lowest BCUT2D eigenvalue weighted by atomic mass is 9.99. The van der Waals surface area contributed by atoms with Gasteiger partial charge in [0.25, 0.3) is 0 Å². The van der Waals surface area contributed by atoms with Gasteiger partial charge < -0.3 is 10.6 Å². The Labute approximate surface area is 130 Å². The van der Waals surface area contributed by atoms with E-state index in [9.17, 15) is 4.79 Å². The van der Waals surface area contributed by atoms with E-state index in [1.807, 2.05) is 6.92 Å². The first-order chi connectivity index (χ1) is 10.1. The zero-order valence-electron chi connectivity index (χ0n) is 14.0. The molecule has 1 unspecified atom stereocenters. The first kappa shape index (κ1) is 18.0. The summed E-state index contributed by atoms with van der Waals surface area (Å²) >= 11 is 0. The highest BCUT2D eigenvalue weighted by molar-refractivity contribution is 5.78. The third kappa shape index (κ3) is 6.97. The number of carbonyl (C=O) groups is 1. The van der Waals surface area contributed by atoms with Gasteiger partial charge in [-0.3, -0.25) is 4.79 Å². The van der Waals surface area contributed by atoms with Crippen LogP contribution in [0.5, 0.6) is 0 Å². The average molecular weight is 292 g/mol. The minimum Gasteiger partial charge on any atom is -0.349 e. The molecule has 0 saturated heterocycles. The standard InChI is InChI=1S/C18H32N2O/c1-5-8-10-14(4)18(21)20-17(9-6-2)15(7-3)13-19-16-11-12-16/h14,16-17,19H,3,5-6,8-13H2,1-2,4H3,(H,20,21)/t14-,17?/m0/s1. The van der Waals surface area contributed by atoms with Crippen LogP contribution < -0.4 is 10.6 Å². The number of carbonyl (C=O) groups excluding carboxylic acids is 1. The lowest BCUT2D eigenvalue weighted by Gasteiger charge is -2.22. The molecule has 0 bridgehead atoms. The number of nitrogens with one attached hydrogen (secondary N) is 2. The van der Waals surface area contributed by atoms with Gasteiger partial charge in [-0.2, -0.15) is 0 Å². The minimum absolute atomic E-state index is 0.0790. The Morgan fingerprint density at radius 2 is 2.00 bits per heavy atom. The summed E-state index contributed by atoms with van der Waals surface area (Å²) in [6, 6.07) is 0.741. The molecule has 0 heterocycles. The third-order valence-electron chi connectivity index (χ3n) is 4.14. The van der Waals surface area contributed by atoms with Crippen molar-refractivity contribution < 1.29 is 4.79 Å². The molecular weight excluding hydrogens is 260 g/mol. The Balaban J connectivity index is 2.52. The van der Waals surface area contributed by atoms with Gasteiger partial charge in [-0.15, -0.1) is 5.73 Å². The third-order valence-corrected chi connectivity index (χ3v) is 4.14. The molecule has 0 aromatic carbocycles. The zero-order valence-corrected chi connectivity index (χ0v) is 14.0. The molecule has 1 fully saturated rings. The zero-order chi connectivity index (χ0) is 15.7. The van der Waals surface area contributed by atoms with Crippen LogP contribution in [0.15, 0.2) is 17.9 Å². The van der Waals surface area contributed by atoms with Crippen molar-refractivity contribution in [3.63, 3.8) is 0 Å². The van der Waals surface area contributed by atoms with E-state index in [0.29, 0.717) is 6.04 Å². The van der Waals surface area contributed by atoms with Crippen LogP contribution in [-0.2, 0) is 4.79 Å². The van der Waals surface area contributed by atoms with E-state index in [1.165, 1.54) is 12.8 Å². The first-order valence-corrected chi connectivity index (χ1v) is 8.54. The summed E-state index contributed by atoms with van der Waals surface area (Å²) in [5, 5.41) is 6.70. The van der Waals surface area contributed by atoms with E-state index in [-0.39, 0.29) is 17.9 Å². The van der Waals surface area contributed by atoms with Crippen LogP contribution in [0.1, 0.15) is 65.7 Å². The minimum atomic E-state index is 0.0790. The largest absolute Gasteiger partial charge is 0.349 e. The van der Waals surface area contributed by atoms with Gasteiger partial charge in [0.05, 0.1) is 6.04 Å². The summed E-state index contributed by atoms with van der Waals surface area (Å²) in [5.41, 5.74) is 4.14. The van der Waals surface area contributed by atoms with E-state index in [0.717, 1.165) is 44.2 Å². The quantitative estimate of drug-likeness (QED) is 0.572. The predicted octanol–water partition coefficient (Wildman–Crippen LogP) is 3.56. The Hall–Kier alpha value is -1.05. The van der Waals surface area contributed by atoms with Crippen LogP contribution in [-0.4, -0.2) is 24.5 Å². The average Bonchev–Trinajstić information content (AvgIpc) is 3.29. The van der Waals surface area contributed by atoms with Crippen LogP contribution in [0.4, 0.5) is 0 Å². The second-order valence-electron chi connectivity index (χ2n) is 6.25. The van der Waals surface area contributed by atoms with Crippen LogP contribution in [0.3, 0.4) is 0 Å². The highest BCUT2D eigenvalue weighted by atomic mass is 16.1. The van der Waals surface area contributed by atoms with Gasteiger partial charge in [0.2, 0.25) is 5.91 Å². The lowest BCUT2D eigenvalue weighted by molar-refractivity contribution is -0.125. The Morgan fingerprint density at radius 1 is 1.29 bits per heavy atom. The highest BCUT2D eigenvalue weighted by Crippen LogP contribution is 2.19. The predicted molar refractivity (Wildman–Crippen MR) is 89.2 cm³/mol. The molecule has 120 valence electrons. The van der Waals surface area contributed by atoms with E-state index in [1.54, 1.807) is 0 Å². The fourth-order valence-corrected chi connectivity index (χ4v) is 2.43. The summed E-state index contributed by atoms with van der Waals surface area (Å²) in [6.45, 7) is 10.9. The van der Waals surface area contributed by atoms with Gasteiger partial charge in [0, 0.05) is 24.1 Å². The maximum atomic E-state index is 12.3. The van der Waals surface area contributed by atoms with E-state index >= 15 is 0 Å². The van der Waals surface area contributed by atoms with E-state index < -0.39 is 0 Å². The van der Waals surface area contributed by atoms with Gasteiger partial charge >= 0.3 is 0 Å². The normalized spacial score (nSPS) is 16.9. The van der Waals surface area contributed by atoms with Crippen molar-refractivity contribution in [2.45, 2.75) is 77.8 Å². The lowest BCUT2D eigenvalue weighted by Crippen LogP contribution is -2.41. The second-order valence-corrected chi connectivity index (χ2v) is 6.25. The number of unbranched alkanes of at least 4 members (excludes halogenated alkanes) is 1. The highest BCUT2D eigenvalue weighted by Gasteiger charge is 2.23. The molecule has 2 atom stereocenters. The molecule has 2 N–H and O–H groups in total. The van der Waals surface area contributed by atoms with Gasteiger partial charge in [-0.25, -0.2) is 0 Å². The van der Waals surface area contributed by atoms with Crippen molar-refractivity contribution in [1.29, 1.82) is 0 Å². The van der Waals surface area contributed by atoms with Crippen molar-refractivity contribution >= 4 is 5.91 Å². The second kappa shape index (κ2) is 9.81. The van der Waals surface area contributed by atoms with Crippen molar-refractivity contribution in [3.8, 4) is 0 Å². The van der Waals surface area contributed by atoms with Crippen molar-refractivity contribution in [2.24, 2.45) is 5.92 Å². The van der Waals surface area contributed by atoms with Crippen molar-refractivity contribution in [3.05, 3.63) is 17.9 Å². The van der Waals surface area contributed by atoms with E-state index in [4.69, 9.17) is 0 Å². The summed E-state index contributed by atoms with van der Waals surface area (Å²) in [6.07, 6.45) is 7.75. The molecule has 0 aromatic rings. The van der Waals surface area contributed by atoms with Crippen LogP contribution in [0.25, 0.3) is 0 Å². The van der Waals surface area contributed by atoms with Crippen molar-refractivity contribution in [2.75, 3.05) is 6.54 Å². The SMILES string of the molecule is C=C=C(CNC1CC1)C(CCC)NC(=O)[C@@H](C)CCCC. The van der Waals surface area contributed by atoms with Gasteiger partial charge in [-0.1, -0.05) is 46.6 Å². The number of hydrogen-bond acceptors (Lipinski definition) is 2. The topological polar surface area (TPSA) is 41.1 Å². The van der Waals surface area contributed by atoms with Crippen LogP contribution >= 0.6 is 0 Å². The molecule has 1 amide bonds. The fraction of sp³-hybridized carbons (Fsp3) is 0.778. The number of hydrogen-bond donors (Lipinski definition) is 2. The molecule has 3 nitrogen and oxygen atoms in total. The number of rotatable bonds is 11. The van der Waals surface area contributed by atoms with Gasteiger partial charge in [0.15, 0.2) is 0 Å². The van der Waals surface area contributed by atoms with Crippen molar-refractivity contribution in [1.82, 2.24) is 10.6 Å². The monoisotopic (exact) mass is 292 g/mol. The molecule has 0 radical (unpaired) electrons. The molecule has 1 aliphatic carbocycles. The first-order valence-electron chi connectivity index (χ1n) is 8.54. The molecule has 0 aliphatic heterocycles. The maximum Gasteiger partial charge on any atom is 0.223 e. The fourth-order valence-electron chi connectivity index (χ4n) is 2.43. The molecule has 0 spiro atoms. The molecule has 21 heavy (non-hydrogen) atoms. The molecule has 0 aromatic heterocycles. The Morgan fingerprint density at radius 3 is 2.52 bits per heavy atom. The van der Waals surface area contributed by atoms with Crippen LogP contribution in [0.2, 0.25) is 0 Å². The molecule has 1 saturated carbocycles.